The molecule has 132 valence electrons. The van der Waals surface area contributed by atoms with E-state index >= 15 is 0 Å². The molecule has 26 heavy (non-hydrogen) atoms. The predicted octanol–water partition coefficient (Wildman–Crippen LogP) is 1.68. The van der Waals surface area contributed by atoms with Gasteiger partial charge in [0.2, 0.25) is 6.10 Å². The van der Waals surface area contributed by atoms with Gasteiger partial charge in [-0.05, 0) is 31.4 Å². The molecule has 5 rings (SSSR count). The minimum atomic E-state index is -0.471. The van der Waals surface area contributed by atoms with Crippen LogP contribution in [0.3, 0.4) is 0 Å². The molecular formula is C18H16N4O4. The second kappa shape index (κ2) is 5.98. The topological polar surface area (TPSA) is 92.3 Å². The van der Waals surface area contributed by atoms with Crippen molar-refractivity contribution in [2.75, 3.05) is 6.61 Å². The van der Waals surface area contributed by atoms with Crippen LogP contribution in [-0.2, 0) is 19.4 Å². The highest BCUT2D eigenvalue weighted by atomic mass is 16.6. The van der Waals surface area contributed by atoms with E-state index in [1.165, 1.54) is 4.57 Å². The molecule has 0 fully saturated rings. The molecule has 0 radical (unpaired) electrons. The summed E-state index contributed by atoms with van der Waals surface area (Å²) in [6, 6.07) is 7.43. The van der Waals surface area contributed by atoms with Gasteiger partial charge in [-0.15, -0.1) is 0 Å². The van der Waals surface area contributed by atoms with E-state index < -0.39 is 6.10 Å². The van der Waals surface area contributed by atoms with Crippen molar-refractivity contribution < 1.29 is 14.0 Å². The Balaban J connectivity index is 1.36. The van der Waals surface area contributed by atoms with Crippen LogP contribution in [0, 0.1) is 0 Å². The van der Waals surface area contributed by atoms with E-state index in [4.69, 9.17) is 14.0 Å². The summed E-state index contributed by atoms with van der Waals surface area (Å²) in [5.74, 6) is 2.07. The fraction of sp³-hybridized carbons (Fsp3) is 0.333. The lowest BCUT2D eigenvalue weighted by Crippen LogP contribution is -2.25. The zero-order chi connectivity index (χ0) is 17.5. The molecule has 1 unspecified atom stereocenters. The Bertz CT molecular complexity index is 1030. The van der Waals surface area contributed by atoms with Gasteiger partial charge in [0.1, 0.15) is 6.61 Å². The number of aryl methyl sites for hydroxylation is 1. The van der Waals surface area contributed by atoms with E-state index in [9.17, 15) is 4.79 Å². The van der Waals surface area contributed by atoms with Crippen LogP contribution in [0.25, 0.3) is 0 Å². The van der Waals surface area contributed by atoms with Crippen molar-refractivity contribution in [1.29, 1.82) is 0 Å². The first-order chi connectivity index (χ1) is 12.8. The number of para-hydroxylation sites is 2. The van der Waals surface area contributed by atoms with Crippen molar-refractivity contribution in [3.8, 4) is 11.5 Å². The van der Waals surface area contributed by atoms with Crippen LogP contribution in [0.1, 0.15) is 35.5 Å². The smallest absolute Gasteiger partial charge is 0.271 e. The molecule has 0 bridgehead atoms. The first-order valence-electron chi connectivity index (χ1n) is 8.56. The lowest BCUT2D eigenvalue weighted by atomic mass is 10.2. The summed E-state index contributed by atoms with van der Waals surface area (Å²) in [5.41, 5.74) is 1.69. The van der Waals surface area contributed by atoms with Gasteiger partial charge in [0.15, 0.2) is 17.3 Å². The van der Waals surface area contributed by atoms with E-state index in [1.807, 2.05) is 24.3 Å². The average molecular weight is 352 g/mol. The summed E-state index contributed by atoms with van der Waals surface area (Å²) in [4.78, 5) is 21.2. The minimum Gasteiger partial charge on any atom is -0.485 e. The Morgan fingerprint density at radius 2 is 2.08 bits per heavy atom. The van der Waals surface area contributed by atoms with Crippen LogP contribution in [0.4, 0.5) is 0 Å². The SMILES string of the molecule is O=c1c2c(ncn1Cc1noc(C3COc4ccccc4O3)n1)CCC2. The summed E-state index contributed by atoms with van der Waals surface area (Å²) in [6.45, 7) is 0.506. The van der Waals surface area contributed by atoms with E-state index in [2.05, 4.69) is 15.1 Å². The van der Waals surface area contributed by atoms with Gasteiger partial charge in [-0.2, -0.15) is 4.98 Å². The maximum Gasteiger partial charge on any atom is 0.271 e. The number of hydrogen-bond donors (Lipinski definition) is 0. The van der Waals surface area contributed by atoms with Crippen LogP contribution in [0.15, 0.2) is 39.9 Å². The Kier molecular flexibility index (Phi) is 3.48. The lowest BCUT2D eigenvalue weighted by Gasteiger charge is -2.23. The van der Waals surface area contributed by atoms with Crippen molar-refractivity contribution in [2.45, 2.75) is 31.9 Å². The molecule has 1 aliphatic heterocycles. The molecule has 1 atom stereocenters. The normalized spacial score (nSPS) is 17.9. The molecule has 3 aromatic rings. The number of hydrogen-bond acceptors (Lipinski definition) is 7. The van der Waals surface area contributed by atoms with Gasteiger partial charge < -0.3 is 14.0 Å². The van der Waals surface area contributed by atoms with Gasteiger partial charge >= 0.3 is 0 Å². The van der Waals surface area contributed by atoms with Crippen molar-refractivity contribution in [3.63, 3.8) is 0 Å². The Morgan fingerprint density at radius 1 is 1.19 bits per heavy atom. The van der Waals surface area contributed by atoms with Gasteiger partial charge in [-0.1, -0.05) is 17.3 Å². The summed E-state index contributed by atoms with van der Waals surface area (Å²) in [7, 11) is 0. The average Bonchev–Trinajstić information content (AvgIpc) is 3.33. The number of nitrogens with zero attached hydrogens (tertiary/aromatic N) is 4. The maximum atomic E-state index is 12.5. The number of fused-ring (bicyclic) bond motifs is 2. The first kappa shape index (κ1) is 15.1. The third-order valence-corrected chi connectivity index (χ3v) is 4.64. The zero-order valence-corrected chi connectivity index (χ0v) is 13.9. The van der Waals surface area contributed by atoms with Crippen molar-refractivity contribution >= 4 is 0 Å². The van der Waals surface area contributed by atoms with Crippen molar-refractivity contribution in [3.05, 3.63) is 63.9 Å². The molecule has 0 spiro atoms. The van der Waals surface area contributed by atoms with Crippen LogP contribution in [-0.4, -0.2) is 26.3 Å². The highest BCUT2D eigenvalue weighted by Gasteiger charge is 2.27. The molecule has 0 amide bonds. The molecule has 3 heterocycles. The second-order valence-corrected chi connectivity index (χ2v) is 6.37. The number of benzene rings is 1. The molecule has 0 saturated heterocycles. The molecule has 0 saturated carbocycles. The monoisotopic (exact) mass is 352 g/mol. The Hall–Kier alpha value is -3.16. The van der Waals surface area contributed by atoms with Gasteiger partial charge in [0.25, 0.3) is 11.4 Å². The Morgan fingerprint density at radius 3 is 3.00 bits per heavy atom. The number of rotatable bonds is 3. The second-order valence-electron chi connectivity index (χ2n) is 6.37. The molecule has 2 aromatic heterocycles. The maximum absolute atomic E-state index is 12.5. The minimum absolute atomic E-state index is 0.0231. The molecule has 2 aliphatic rings. The van der Waals surface area contributed by atoms with E-state index in [0.29, 0.717) is 29.8 Å². The van der Waals surface area contributed by atoms with Crippen LogP contribution in [0.5, 0.6) is 11.5 Å². The highest BCUT2D eigenvalue weighted by Crippen LogP contribution is 2.35. The largest absolute Gasteiger partial charge is 0.485 e. The standard InChI is InChI=1S/C18H16N4O4/c23-18-11-4-3-5-12(11)19-10-22(18)8-16-20-17(26-21-16)15-9-24-13-6-1-2-7-14(13)25-15/h1-2,6-7,10,15H,3-5,8-9H2. The van der Waals surface area contributed by atoms with Crippen LogP contribution < -0.4 is 15.0 Å². The molecule has 8 nitrogen and oxygen atoms in total. The molecule has 8 heteroatoms. The van der Waals surface area contributed by atoms with Crippen LogP contribution in [0.2, 0.25) is 0 Å². The summed E-state index contributed by atoms with van der Waals surface area (Å²) >= 11 is 0. The van der Waals surface area contributed by atoms with E-state index in [1.54, 1.807) is 6.33 Å². The molecular weight excluding hydrogens is 336 g/mol. The zero-order valence-electron chi connectivity index (χ0n) is 13.9. The lowest BCUT2D eigenvalue weighted by molar-refractivity contribution is 0.0665. The summed E-state index contributed by atoms with van der Waals surface area (Å²) in [6.07, 6.45) is 3.72. The van der Waals surface area contributed by atoms with Gasteiger partial charge in [-0.3, -0.25) is 9.36 Å². The molecule has 1 aromatic carbocycles. The van der Waals surface area contributed by atoms with Crippen molar-refractivity contribution in [1.82, 2.24) is 19.7 Å². The van der Waals surface area contributed by atoms with Crippen molar-refractivity contribution in [2.24, 2.45) is 0 Å². The first-order valence-corrected chi connectivity index (χ1v) is 8.56. The van der Waals surface area contributed by atoms with E-state index in [-0.39, 0.29) is 12.1 Å². The third-order valence-electron chi connectivity index (χ3n) is 4.64. The number of ether oxygens (including phenoxy) is 2. The van der Waals surface area contributed by atoms with Gasteiger partial charge in [0, 0.05) is 5.56 Å². The fourth-order valence-corrected chi connectivity index (χ4v) is 3.33. The quantitative estimate of drug-likeness (QED) is 0.708. The van der Waals surface area contributed by atoms with E-state index in [0.717, 1.165) is 30.5 Å². The number of aromatic nitrogens is 4. The Labute approximate surface area is 148 Å². The summed E-state index contributed by atoms with van der Waals surface area (Å²) < 4.78 is 18.4. The summed E-state index contributed by atoms with van der Waals surface area (Å²) in [5, 5.41) is 3.97. The molecule has 0 N–H and O–H groups in total. The van der Waals surface area contributed by atoms with Gasteiger partial charge in [-0.25, -0.2) is 4.98 Å². The highest BCUT2D eigenvalue weighted by molar-refractivity contribution is 5.40. The van der Waals surface area contributed by atoms with Gasteiger partial charge in [0.05, 0.1) is 18.6 Å². The fourth-order valence-electron chi connectivity index (χ4n) is 3.33. The van der Waals surface area contributed by atoms with Crippen LogP contribution >= 0.6 is 0 Å². The predicted molar refractivity (Wildman–Crippen MR) is 89.2 cm³/mol. The third kappa shape index (κ3) is 2.54. The molecule has 1 aliphatic carbocycles.